The zero-order valence-corrected chi connectivity index (χ0v) is 15.4. The highest BCUT2D eigenvalue weighted by Crippen LogP contribution is 2.65. The normalized spacial score (nSPS) is 17.6. The summed E-state index contributed by atoms with van der Waals surface area (Å²) in [4.78, 5) is 14.8. The van der Waals surface area contributed by atoms with Gasteiger partial charge in [-0.05, 0) is 37.4 Å². The maximum Gasteiger partial charge on any atom is 0.254 e. The van der Waals surface area contributed by atoms with Crippen molar-refractivity contribution in [1.82, 2.24) is 4.90 Å². The second kappa shape index (κ2) is 7.43. The Morgan fingerprint density at radius 2 is 2.26 bits per heavy atom. The molecule has 19 heavy (non-hydrogen) atoms. The number of aryl methyl sites for hydroxylation is 1. The van der Waals surface area contributed by atoms with E-state index < -0.39 is 0 Å². The third kappa shape index (κ3) is 3.54. The number of fused-ring (bicyclic) bond motifs is 1. The van der Waals surface area contributed by atoms with Crippen molar-refractivity contribution in [1.29, 1.82) is 0 Å². The summed E-state index contributed by atoms with van der Waals surface area (Å²) < 4.78 is 0. The fourth-order valence-electron chi connectivity index (χ4n) is 2.52. The lowest BCUT2D eigenvalue weighted by molar-refractivity contribution is 0.0762. The highest BCUT2D eigenvalue weighted by molar-refractivity contribution is 8.63. The molecule has 0 saturated heterocycles. The van der Waals surface area contributed by atoms with E-state index in [4.69, 9.17) is 0 Å². The van der Waals surface area contributed by atoms with Gasteiger partial charge in [-0.25, -0.2) is 0 Å². The van der Waals surface area contributed by atoms with Gasteiger partial charge in [0.05, 0.1) is 5.56 Å². The number of benzene rings is 1. The summed E-state index contributed by atoms with van der Waals surface area (Å²) in [6.45, 7) is 3.92. The fraction of sp³-hybridized carbons (Fsp3) is 0.462. The second-order valence-electron chi connectivity index (χ2n) is 4.71. The Hall–Kier alpha value is 0.410. The summed E-state index contributed by atoms with van der Waals surface area (Å²) in [7, 11) is 6.25. The summed E-state index contributed by atoms with van der Waals surface area (Å²) in [5, 5.41) is 1.26. The van der Waals surface area contributed by atoms with Crippen LogP contribution in [0.25, 0.3) is 0 Å². The van der Waals surface area contributed by atoms with Gasteiger partial charge >= 0.3 is 0 Å². The molecule has 0 bridgehead atoms. The van der Waals surface area contributed by atoms with Crippen LogP contribution < -0.4 is 5.30 Å². The standard InChI is InChI=1S/C13H21NOP4/c1-2-8-14-9-4-6-10-5-3-7-11(19(17)18-16)12(10)13(14)15/h3,5,7,18H,2,4,6,8-9,16-17H2,1H3. The number of nitrogens with zero attached hydrogens (tertiary/aromatic N) is 1. The van der Waals surface area contributed by atoms with Crippen LogP contribution in [0.15, 0.2) is 18.2 Å². The fourth-order valence-corrected chi connectivity index (χ4v) is 6.25. The Labute approximate surface area is 123 Å². The van der Waals surface area contributed by atoms with Gasteiger partial charge in [-0.1, -0.05) is 33.1 Å². The van der Waals surface area contributed by atoms with E-state index >= 15 is 0 Å². The number of carbonyl (C=O) groups is 1. The summed E-state index contributed by atoms with van der Waals surface area (Å²) >= 11 is 0. The maximum atomic E-state index is 12.8. The summed E-state index contributed by atoms with van der Waals surface area (Å²) in [6.07, 6.45) is 3.15. The number of hydrogen-bond donors (Lipinski definition) is 0. The molecule has 104 valence electrons. The Morgan fingerprint density at radius 3 is 2.95 bits per heavy atom. The maximum absolute atomic E-state index is 12.8. The van der Waals surface area contributed by atoms with E-state index in [1.54, 1.807) is 0 Å². The molecule has 1 heterocycles. The first-order valence-electron chi connectivity index (χ1n) is 6.61. The Morgan fingerprint density at radius 1 is 1.47 bits per heavy atom. The first kappa shape index (κ1) is 15.8. The first-order chi connectivity index (χ1) is 9.19. The van der Waals surface area contributed by atoms with Crippen molar-refractivity contribution >= 4 is 44.3 Å². The second-order valence-corrected chi connectivity index (χ2v) is 13.8. The minimum atomic E-state index is -0.295. The molecule has 6 heteroatoms. The molecule has 0 N–H and O–H groups in total. The predicted octanol–water partition coefficient (Wildman–Crippen LogP) is 3.77. The van der Waals surface area contributed by atoms with Gasteiger partial charge in [-0.2, -0.15) is 0 Å². The van der Waals surface area contributed by atoms with Gasteiger partial charge in [0.2, 0.25) is 0 Å². The van der Waals surface area contributed by atoms with Crippen LogP contribution >= 0.6 is 33.1 Å². The topological polar surface area (TPSA) is 20.3 Å². The predicted molar refractivity (Wildman–Crippen MR) is 95.2 cm³/mol. The molecular formula is C13H21NOP4. The molecule has 0 fully saturated rings. The minimum absolute atomic E-state index is 0.253. The average Bonchev–Trinajstić information content (AvgIpc) is 2.59. The highest BCUT2D eigenvalue weighted by atomic mass is 32.6. The smallest absolute Gasteiger partial charge is 0.254 e. The molecule has 2 rings (SSSR count). The highest BCUT2D eigenvalue weighted by Gasteiger charge is 2.25. The minimum Gasteiger partial charge on any atom is -0.339 e. The van der Waals surface area contributed by atoms with Crippen molar-refractivity contribution in [2.45, 2.75) is 26.2 Å². The van der Waals surface area contributed by atoms with Crippen molar-refractivity contribution < 1.29 is 4.79 Å². The van der Waals surface area contributed by atoms with E-state index in [-0.39, 0.29) is 13.2 Å². The zero-order chi connectivity index (χ0) is 13.8. The molecule has 0 aliphatic carbocycles. The van der Waals surface area contributed by atoms with Crippen LogP contribution in [0, 0.1) is 0 Å². The van der Waals surface area contributed by atoms with Crippen molar-refractivity contribution in [3.8, 4) is 0 Å². The van der Waals surface area contributed by atoms with Gasteiger partial charge in [-0.15, -0.1) is 17.9 Å². The van der Waals surface area contributed by atoms with E-state index in [9.17, 15) is 4.79 Å². The Kier molecular flexibility index (Phi) is 6.17. The third-order valence-electron chi connectivity index (χ3n) is 3.40. The van der Waals surface area contributed by atoms with E-state index in [0.717, 1.165) is 45.9 Å². The van der Waals surface area contributed by atoms with Crippen LogP contribution in [0.2, 0.25) is 0 Å². The van der Waals surface area contributed by atoms with Crippen molar-refractivity contribution in [3.63, 3.8) is 0 Å². The summed E-state index contributed by atoms with van der Waals surface area (Å²) in [5.41, 5.74) is 2.25. The van der Waals surface area contributed by atoms with E-state index in [0.29, 0.717) is 0 Å². The Balaban J connectivity index is 2.45. The molecule has 0 aromatic heterocycles. The quantitative estimate of drug-likeness (QED) is 0.769. The summed E-state index contributed by atoms with van der Waals surface area (Å²) in [5.74, 6) is 0.253. The van der Waals surface area contributed by atoms with Gasteiger partial charge in [-0.3, -0.25) is 4.79 Å². The molecule has 1 aliphatic rings. The molecule has 0 spiro atoms. The number of hydrogen-bond acceptors (Lipinski definition) is 1. The van der Waals surface area contributed by atoms with Crippen LogP contribution in [0.4, 0.5) is 0 Å². The lowest BCUT2D eigenvalue weighted by Gasteiger charge is -2.22. The SMILES string of the molecule is CCCN1CCCc2cccc(P(P)PP)c2C1=O. The lowest BCUT2D eigenvalue weighted by atomic mass is 10.0. The van der Waals surface area contributed by atoms with Crippen LogP contribution in [-0.2, 0) is 6.42 Å². The average molecular weight is 331 g/mol. The van der Waals surface area contributed by atoms with E-state index in [2.05, 4.69) is 43.0 Å². The molecule has 1 amide bonds. The van der Waals surface area contributed by atoms with Crippen molar-refractivity contribution in [2.24, 2.45) is 0 Å². The van der Waals surface area contributed by atoms with Gasteiger partial charge in [0.15, 0.2) is 0 Å². The van der Waals surface area contributed by atoms with Crippen LogP contribution in [-0.4, -0.2) is 23.9 Å². The van der Waals surface area contributed by atoms with E-state index in [1.807, 2.05) is 4.90 Å². The first-order valence-corrected chi connectivity index (χ1v) is 13.2. The number of amides is 1. The molecule has 1 aromatic rings. The Bertz CT molecular complexity index is 466. The molecule has 1 aromatic carbocycles. The van der Waals surface area contributed by atoms with Gasteiger partial charge < -0.3 is 4.90 Å². The lowest BCUT2D eigenvalue weighted by Crippen LogP contribution is -2.33. The van der Waals surface area contributed by atoms with Gasteiger partial charge in [0.1, 0.15) is 0 Å². The van der Waals surface area contributed by atoms with Crippen LogP contribution in [0.5, 0.6) is 0 Å². The van der Waals surface area contributed by atoms with Crippen molar-refractivity contribution in [3.05, 3.63) is 29.3 Å². The third-order valence-corrected chi connectivity index (χ3v) is 13.5. The molecule has 2 nitrogen and oxygen atoms in total. The summed E-state index contributed by atoms with van der Waals surface area (Å²) in [6, 6.07) is 6.38. The molecular weight excluding hydrogens is 310 g/mol. The molecule has 0 radical (unpaired) electrons. The van der Waals surface area contributed by atoms with Crippen LogP contribution in [0.1, 0.15) is 35.7 Å². The molecule has 4 unspecified atom stereocenters. The van der Waals surface area contributed by atoms with Crippen molar-refractivity contribution in [2.75, 3.05) is 13.1 Å². The molecule has 0 saturated carbocycles. The van der Waals surface area contributed by atoms with E-state index in [1.165, 1.54) is 10.9 Å². The van der Waals surface area contributed by atoms with Gasteiger partial charge in [0, 0.05) is 13.1 Å². The monoisotopic (exact) mass is 331 g/mol. The number of rotatable bonds is 4. The zero-order valence-electron chi connectivity index (χ0n) is 11.2. The largest absolute Gasteiger partial charge is 0.339 e. The number of carbonyl (C=O) groups excluding carboxylic acids is 1. The van der Waals surface area contributed by atoms with Gasteiger partial charge in [0.25, 0.3) is 5.91 Å². The van der Waals surface area contributed by atoms with Crippen LogP contribution in [0.3, 0.4) is 0 Å². The molecule has 1 aliphatic heterocycles. The molecule has 4 atom stereocenters.